The van der Waals surface area contributed by atoms with E-state index in [9.17, 15) is 0 Å². The van der Waals surface area contributed by atoms with E-state index in [-0.39, 0.29) is 0 Å². The molecule has 1 aliphatic carbocycles. The van der Waals surface area contributed by atoms with Gasteiger partial charge in [0.05, 0.1) is 0 Å². The molecule has 2 fully saturated rings. The van der Waals surface area contributed by atoms with Crippen LogP contribution >= 0.6 is 0 Å². The van der Waals surface area contributed by atoms with E-state index in [4.69, 9.17) is 0 Å². The molecule has 1 aromatic rings. The summed E-state index contributed by atoms with van der Waals surface area (Å²) >= 11 is 0. The Morgan fingerprint density at radius 3 is 2.50 bits per heavy atom. The lowest BCUT2D eigenvalue weighted by atomic mass is 10.0. The number of hydrogen-bond acceptors (Lipinski definition) is 3. The van der Waals surface area contributed by atoms with Gasteiger partial charge in [-0.1, -0.05) is 37.3 Å². The smallest absolute Gasteiger partial charge is 0.191 e. The van der Waals surface area contributed by atoms with Crippen molar-refractivity contribution in [2.45, 2.75) is 51.2 Å². The number of rotatable bonds is 8. The molecule has 1 aromatic carbocycles. The zero-order valence-corrected chi connectivity index (χ0v) is 16.5. The predicted octanol–water partition coefficient (Wildman–Crippen LogP) is 2.30. The van der Waals surface area contributed by atoms with Crippen molar-refractivity contribution in [3.8, 4) is 0 Å². The van der Waals surface area contributed by atoms with Gasteiger partial charge >= 0.3 is 0 Å². The number of piperidine rings is 1. The molecule has 0 aromatic heterocycles. The summed E-state index contributed by atoms with van der Waals surface area (Å²) in [6, 6.07) is 12.1. The number of benzene rings is 1. The quantitative estimate of drug-likeness (QED) is 0.553. The summed E-state index contributed by atoms with van der Waals surface area (Å²) in [6.45, 7) is 8.85. The maximum atomic E-state index is 4.41. The third-order valence-electron chi connectivity index (χ3n) is 5.56. The van der Waals surface area contributed by atoms with E-state index in [1.165, 1.54) is 31.2 Å². The van der Waals surface area contributed by atoms with E-state index < -0.39 is 0 Å². The minimum Gasteiger partial charge on any atom is -0.355 e. The molecule has 0 atom stereocenters. The number of guanidine groups is 1. The van der Waals surface area contributed by atoms with Gasteiger partial charge in [0.2, 0.25) is 0 Å². The first-order valence-corrected chi connectivity index (χ1v) is 10.3. The van der Waals surface area contributed by atoms with Gasteiger partial charge in [-0.15, -0.1) is 0 Å². The van der Waals surface area contributed by atoms with Crippen LogP contribution < -0.4 is 10.6 Å². The first-order chi connectivity index (χ1) is 12.8. The summed E-state index contributed by atoms with van der Waals surface area (Å²) in [7, 11) is 1.87. The Hall–Kier alpha value is -1.59. The van der Waals surface area contributed by atoms with Gasteiger partial charge in [0.25, 0.3) is 0 Å². The van der Waals surface area contributed by atoms with Crippen LogP contribution in [-0.4, -0.2) is 67.6 Å². The monoisotopic (exact) mass is 357 g/mol. The highest BCUT2D eigenvalue weighted by Crippen LogP contribution is 2.25. The van der Waals surface area contributed by atoms with E-state index >= 15 is 0 Å². The number of aliphatic imine (C=N–C) groups is 1. The molecule has 1 saturated carbocycles. The molecule has 0 radical (unpaired) electrons. The van der Waals surface area contributed by atoms with Crippen LogP contribution in [0.1, 0.15) is 38.2 Å². The average molecular weight is 358 g/mol. The van der Waals surface area contributed by atoms with Crippen LogP contribution in [0.4, 0.5) is 0 Å². The average Bonchev–Trinajstić information content (AvgIpc) is 3.51. The van der Waals surface area contributed by atoms with E-state index in [1.54, 1.807) is 0 Å². The molecule has 26 heavy (non-hydrogen) atoms. The molecule has 1 saturated heterocycles. The fourth-order valence-electron chi connectivity index (χ4n) is 3.82. The van der Waals surface area contributed by atoms with Gasteiger partial charge in [-0.2, -0.15) is 0 Å². The van der Waals surface area contributed by atoms with Crippen molar-refractivity contribution in [3.05, 3.63) is 35.9 Å². The Labute approximate surface area is 158 Å². The maximum absolute atomic E-state index is 4.41. The summed E-state index contributed by atoms with van der Waals surface area (Å²) in [5.74, 6) is 0.957. The van der Waals surface area contributed by atoms with E-state index in [2.05, 4.69) is 62.7 Å². The SMILES string of the molecule is CCN(CCNC(=NC)NC1CCN(Cc2ccccc2)CC1)C1CC1. The van der Waals surface area contributed by atoms with Crippen LogP contribution in [-0.2, 0) is 6.54 Å². The summed E-state index contributed by atoms with van der Waals surface area (Å²) in [5.41, 5.74) is 1.41. The standard InChI is InChI=1S/C21H35N5/c1-3-26(20-9-10-20)16-13-23-21(22-2)24-19-11-14-25(15-12-19)17-18-7-5-4-6-8-18/h4-8,19-20H,3,9-17H2,1-2H3,(H2,22,23,24). The van der Waals surface area contributed by atoms with Gasteiger partial charge in [-0.3, -0.25) is 14.8 Å². The van der Waals surface area contributed by atoms with Crippen molar-refractivity contribution < 1.29 is 0 Å². The van der Waals surface area contributed by atoms with Crippen LogP contribution in [0.15, 0.2) is 35.3 Å². The lowest BCUT2D eigenvalue weighted by Crippen LogP contribution is -2.49. The number of nitrogens with one attached hydrogen (secondary N) is 2. The van der Waals surface area contributed by atoms with Crippen LogP contribution in [0.3, 0.4) is 0 Å². The molecule has 0 bridgehead atoms. The molecule has 5 nitrogen and oxygen atoms in total. The van der Waals surface area contributed by atoms with E-state index in [0.29, 0.717) is 6.04 Å². The topological polar surface area (TPSA) is 42.9 Å². The van der Waals surface area contributed by atoms with Gasteiger partial charge in [0, 0.05) is 51.9 Å². The molecule has 3 rings (SSSR count). The Morgan fingerprint density at radius 1 is 1.15 bits per heavy atom. The fourth-order valence-corrected chi connectivity index (χ4v) is 3.82. The summed E-state index contributed by atoms with van der Waals surface area (Å²) in [5, 5.41) is 7.12. The van der Waals surface area contributed by atoms with E-state index in [0.717, 1.165) is 51.3 Å². The summed E-state index contributed by atoms with van der Waals surface area (Å²) in [6.07, 6.45) is 5.11. The zero-order valence-electron chi connectivity index (χ0n) is 16.5. The van der Waals surface area contributed by atoms with Gasteiger partial charge in [0.15, 0.2) is 5.96 Å². The second kappa shape index (κ2) is 9.93. The van der Waals surface area contributed by atoms with Gasteiger partial charge in [-0.25, -0.2) is 0 Å². The number of nitrogens with zero attached hydrogens (tertiary/aromatic N) is 3. The summed E-state index contributed by atoms with van der Waals surface area (Å²) < 4.78 is 0. The third-order valence-corrected chi connectivity index (χ3v) is 5.56. The second-order valence-electron chi connectivity index (χ2n) is 7.54. The van der Waals surface area contributed by atoms with Crippen molar-refractivity contribution in [2.24, 2.45) is 4.99 Å². The Bertz CT molecular complexity index is 547. The molecule has 144 valence electrons. The minimum absolute atomic E-state index is 0.527. The van der Waals surface area contributed by atoms with Gasteiger partial charge in [-0.05, 0) is 37.8 Å². The molecule has 1 heterocycles. The van der Waals surface area contributed by atoms with Crippen molar-refractivity contribution in [3.63, 3.8) is 0 Å². The molecular weight excluding hydrogens is 322 g/mol. The molecular formula is C21H35N5. The molecule has 0 spiro atoms. The molecule has 0 unspecified atom stereocenters. The molecule has 1 aliphatic heterocycles. The van der Waals surface area contributed by atoms with Gasteiger partial charge < -0.3 is 10.6 Å². The normalized spacial score (nSPS) is 19.7. The van der Waals surface area contributed by atoms with Crippen LogP contribution in [0, 0.1) is 0 Å². The van der Waals surface area contributed by atoms with Crippen LogP contribution in [0.5, 0.6) is 0 Å². The number of likely N-dealkylation sites (tertiary alicyclic amines) is 1. The highest BCUT2D eigenvalue weighted by Gasteiger charge is 2.27. The molecule has 0 amide bonds. The van der Waals surface area contributed by atoms with Crippen LogP contribution in [0.25, 0.3) is 0 Å². The minimum atomic E-state index is 0.527. The van der Waals surface area contributed by atoms with Crippen molar-refractivity contribution >= 4 is 5.96 Å². The lowest BCUT2D eigenvalue weighted by Gasteiger charge is -2.33. The predicted molar refractivity (Wildman–Crippen MR) is 110 cm³/mol. The van der Waals surface area contributed by atoms with Crippen molar-refractivity contribution in [1.29, 1.82) is 0 Å². The molecule has 5 heteroatoms. The fraction of sp³-hybridized carbons (Fsp3) is 0.667. The molecule has 2 N–H and O–H groups in total. The van der Waals surface area contributed by atoms with E-state index in [1.807, 2.05) is 7.05 Å². The zero-order chi connectivity index (χ0) is 18.2. The molecule has 2 aliphatic rings. The first kappa shape index (κ1) is 19.2. The Morgan fingerprint density at radius 2 is 1.88 bits per heavy atom. The number of hydrogen-bond donors (Lipinski definition) is 2. The largest absolute Gasteiger partial charge is 0.355 e. The highest BCUT2D eigenvalue weighted by atomic mass is 15.2. The van der Waals surface area contributed by atoms with Crippen molar-refractivity contribution in [1.82, 2.24) is 20.4 Å². The first-order valence-electron chi connectivity index (χ1n) is 10.3. The lowest BCUT2D eigenvalue weighted by molar-refractivity contribution is 0.198. The summed E-state index contributed by atoms with van der Waals surface area (Å²) in [4.78, 5) is 9.54. The van der Waals surface area contributed by atoms with Gasteiger partial charge in [0.1, 0.15) is 0 Å². The number of likely N-dealkylation sites (N-methyl/N-ethyl adjacent to an activating group) is 1. The highest BCUT2D eigenvalue weighted by molar-refractivity contribution is 5.79. The Balaban J connectivity index is 1.34. The van der Waals surface area contributed by atoms with Crippen LogP contribution in [0.2, 0.25) is 0 Å². The second-order valence-corrected chi connectivity index (χ2v) is 7.54. The maximum Gasteiger partial charge on any atom is 0.191 e. The van der Waals surface area contributed by atoms with Crippen molar-refractivity contribution in [2.75, 3.05) is 39.8 Å². The Kier molecular flexibility index (Phi) is 7.32. The third kappa shape index (κ3) is 5.99.